The Bertz CT molecular complexity index is 625. The van der Waals surface area contributed by atoms with Gasteiger partial charge in [0.2, 0.25) is 0 Å². The number of hydrogen-bond donors (Lipinski definition) is 1. The van der Waals surface area contributed by atoms with E-state index in [0.29, 0.717) is 56.5 Å². The van der Waals surface area contributed by atoms with E-state index in [-0.39, 0.29) is 11.9 Å². The number of aliphatic imine (C=N–C) groups is 1. The molecule has 1 N–H and O–H groups in total. The van der Waals surface area contributed by atoms with E-state index in [1.807, 2.05) is 4.90 Å². The summed E-state index contributed by atoms with van der Waals surface area (Å²) < 4.78 is 42.7. The molecule has 1 aromatic heterocycles. The predicted octanol–water partition coefficient (Wildman–Crippen LogP) is 2.55. The standard InChI is InChI=1S/C16H23F3N4O2S/c1-3-25-14(24)11-5-8-23(9-6-11)15(20-2)21-7-4-13-22-12(10-26-13)16(17,18)19/h10-11H,3-9H2,1-2H3,(H,20,21). The van der Waals surface area contributed by atoms with Crippen LogP contribution in [0.15, 0.2) is 10.4 Å². The smallest absolute Gasteiger partial charge is 0.434 e. The number of carbonyl (C=O) groups excluding carboxylic acids is 1. The molecule has 2 rings (SSSR count). The van der Waals surface area contributed by atoms with Crippen molar-refractivity contribution in [2.24, 2.45) is 10.9 Å². The molecule has 0 amide bonds. The Balaban J connectivity index is 1.78. The number of alkyl halides is 3. The zero-order valence-electron chi connectivity index (χ0n) is 14.8. The van der Waals surface area contributed by atoms with Crippen LogP contribution in [0.25, 0.3) is 0 Å². The van der Waals surface area contributed by atoms with Gasteiger partial charge in [0, 0.05) is 38.5 Å². The van der Waals surface area contributed by atoms with Crippen LogP contribution in [0.5, 0.6) is 0 Å². The summed E-state index contributed by atoms with van der Waals surface area (Å²) in [5.74, 6) is 0.444. The lowest BCUT2D eigenvalue weighted by Crippen LogP contribution is -2.47. The molecule has 146 valence electrons. The predicted molar refractivity (Wildman–Crippen MR) is 93.1 cm³/mol. The third kappa shape index (κ3) is 5.58. The summed E-state index contributed by atoms with van der Waals surface area (Å²) >= 11 is 1.00. The molecule has 6 nitrogen and oxygen atoms in total. The lowest BCUT2D eigenvalue weighted by Gasteiger charge is -2.33. The molecule has 1 aliphatic heterocycles. The SMILES string of the molecule is CCOC(=O)C1CCN(C(=NC)NCCc2nc(C(F)(F)F)cs2)CC1. The lowest BCUT2D eigenvalue weighted by atomic mass is 9.97. The third-order valence-electron chi connectivity index (χ3n) is 4.09. The topological polar surface area (TPSA) is 66.8 Å². The van der Waals surface area contributed by atoms with E-state index in [1.165, 1.54) is 0 Å². The molecular weight excluding hydrogens is 369 g/mol. The van der Waals surface area contributed by atoms with E-state index >= 15 is 0 Å². The molecule has 0 saturated carbocycles. The van der Waals surface area contributed by atoms with Gasteiger partial charge in [0.1, 0.15) is 0 Å². The lowest BCUT2D eigenvalue weighted by molar-refractivity contribution is -0.149. The van der Waals surface area contributed by atoms with Crippen LogP contribution in [0.1, 0.15) is 30.5 Å². The van der Waals surface area contributed by atoms with Gasteiger partial charge in [-0.25, -0.2) is 4.98 Å². The van der Waals surface area contributed by atoms with Gasteiger partial charge < -0.3 is 15.0 Å². The van der Waals surface area contributed by atoms with Gasteiger partial charge in [0.05, 0.1) is 17.5 Å². The van der Waals surface area contributed by atoms with Crippen LogP contribution in [-0.4, -0.2) is 55.1 Å². The maximum atomic E-state index is 12.6. The quantitative estimate of drug-likeness (QED) is 0.474. The average Bonchev–Trinajstić information content (AvgIpc) is 3.08. The molecule has 0 radical (unpaired) electrons. The van der Waals surface area contributed by atoms with Crippen molar-refractivity contribution >= 4 is 23.3 Å². The first kappa shape index (κ1) is 20.5. The highest BCUT2D eigenvalue weighted by atomic mass is 32.1. The van der Waals surface area contributed by atoms with Crippen molar-refractivity contribution < 1.29 is 22.7 Å². The van der Waals surface area contributed by atoms with E-state index < -0.39 is 11.9 Å². The van der Waals surface area contributed by atoms with Gasteiger partial charge in [0.15, 0.2) is 11.7 Å². The number of aromatic nitrogens is 1. The number of ether oxygens (including phenoxy) is 1. The van der Waals surface area contributed by atoms with Crippen molar-refractivity contribution in [2.75, 3.05) is 33.3 Å². The molecule has 10 heteroatoms. The van der Waals surface area contributed by atoms with Crippen molar-refractivity contribution in [3.05, 3.63) is 16.1 Å². The Morgan fingerprint density at radius 1 is 1.46 bits per heavy atom. The number of carbonyl (C=O) groups is 1. The van der Waals surface area contributed by atoms with Crippen LogP contribution in [0, 0.1) is 5.92 Å². The summed E-state index contributed by atoms with van der Waals surface area (Å²) in [5, 5.41) is 4.61. The molecule has 0 bridgehead atoms. The summed E-state index contributed by atoms with van der Waals surface area (Å²) in [6.07, 6.45) is -2.62. The number of rotatable bonds is 5. The number of nitrogens with zero attached hydrogens (tertiary/aromatic N) is 3. The molecule has 2 heterocycles. The normalized spacial score (nSPS) is 16.7. The number of guanidine groups is 1. The number of hydrogen-bond acceptors (Lipinski definition) is 5. The Labute approximate surface area is 154 Å². The first-order chi connectivity index (χ1) is 12.3. The van der Waals surface area contributed by atoms with Crippen molar-refractivity contribution in [3.8, 4) is 0 Å². The molecule has 0 unspecified atom stereocenters. The summed E-state index contributed by atoms with van der Waals surface area (Å²) in [6, 6.07) is 0. The van der Waals surface area contributed by atoms with Gasteiger partial charge in [-0.2, -0.15) is 13.2 Å². The van der Waals surface area contributed by atoms with Gasteiger partial charge in [0.25, 0.3) is 0 Å². The summed E-state index contributed by atoms with van der Waals surface area (Å²) in [6.45, 7) is 3.97. The molecular formula is C16H23F3N4O2S. The van der Waals surface area contributed by atoms with Crippen LogP contribution in [0.2, 0.25) is 0 Å². The fourth-order valence-electron chi connectivity index (χ4n) is 2.76. The summed E-state index contributed by atoms with van der Waals surface area (Å²) in [4.78, 5) is 21.6. The minimum atomic E-state index is -4.40. The van der Waals surface area contributed by atoms with Gasteiger partial charge in [-0.1, -0.05) is 0 Å². The van der Waals surface area contributed by atoms with Crippen LogP contribution >= 0.6 is 11.3 Å². The number of likely N-dealkylation sites (tertiary alicyclic amines) is 1. The second kappa shape index (κ2) is 9.20. The van der Waals surface area contributed by atoms with Gasteiger partial charge in [-0.3, -0.25) is 9.79 Å². The van der Waals surface area contributed by atoms with Crippen LogP contribution in [-0.2, 0) is 22.1 Å². The fourth-order valence-corrected chi connectivity index (χ4v) is 3.56. The van der Waals surface area contributed by atoms with E-state index in [2.05, 4.69) is 15.3 Å². The first-order valence-electron chi connectivity index (χ1n) is 8.49. The van der Waals surface area contributed by atoms with Gasteiger partial charge >= 0.3 is 12.1 Å². The molecule has 1 aromatic rings. The van der Waals surface area contributed by atoms with Crippen LogP contribution in [0.3, 0.4) is 0 Å². The molecule has 0 spiro atoms. The Morgan fingerprint density at radius 3 is 2.69 bits per heavy atom. The van der Waals surface area contributed by atoms with E-state index in [1.54, 1.807) is 14.0 Å². The Morgan fingerprint density at radius 2 is 2.15 bits per heavy atom. The molecule has 1 saturated heterocycles. The van der Waals surface area contributed by atoms with Crippen LogP contribution in [0.4, 0.5) is 13.2 Å². The highest BCUT2D eigenvalue weighted by Crippen LogP contribution is 2.30. The molecule has 0 atom stereocenters. The van der Waals surface area contributed by atoms with Crippen molar-refractivity contribution in [2.45, 2.75) is 32.4 Å². The fraction of sp³-hybridized carbons (Fsp3) is 0.688. The average molecular weight is 392 g/mol. The number of piperidine rings is 1. The van der Waals surface area contributed by atoms with Crippen molar-refractivity contribution in [3.63, 3.8) is 0 Å². The van der Waals surface area contributed by atoms with Crippen molar-refractivity contribution in [1.82, 2.24) is 15.2 Å². The third-order valence-corrected chi connectivity index (χ3v) is 5.00. The first-order valence-corrected chi connectivity index (χ1v) is 9.37. The van der Waals surface area contributed by atoms with E-state index in [9.17, 15) is 18.0 Å². The van der Waals surface area contributed by atoms with Crippen LogP contribution < -0.4 is 5.32 Å². The maximum absolute atomic E-state index is 12.6. The Kier molecular flexibility index (Phi) is 7.24. The highest BCUT2D eigenvalue weighted by molar-refractivity contribution is 7.09. The number of thiazole rings is 1. The largest absolute Gasteiger partial charge is 0.466 e. The second-order valence-corrected chi connectivity index (χ2v) is 6.80. The van der Waals surface area contributed by atoms with Gasteiger partial charge in [-0.15, -0.1) is 11.3 Å². The summed E-state index contributed by atoms with van der Waals surface area (Å²) in [7, 11) is 1.66. The van der Waals surface area contributed by atoms with E-state index in [0.717, 1.165) is 16.7 Å². The number of esters is 1. The molecule has 0 aliphatic carbocycles. The van der Waals surface area contributed by atoms with E-state index in [4.69, 9.17) is 4.74 Å². The molecule has 26 heavy (non-hydrogen) atoms. The maximum Gasteiger partial charge on any atom is 0.434 e. The Hall–Kier alpha value is -1.84. The number of nitrogens with one attached hydrogen (secondary N) is 1. The van der Waals surface area contributed by atoms with Crippen molar-refractivity contribution in [1.29, 1.82) is 0 Å². The zero-order valence-corrected chi connectivity index (χ0v) is 15.6. The monoisotopic (exact) mass is 392 g/mol. The molecule has 1 aliphatic rings. The number of halogens is 3. The minimum Gasteiger partial charge on any atom is -0.466 e. The second-order valence-electron chi connectivity index (χ2n) is 5.86. The molecule has 1 fully saturated rings. The highest BCUT2D eigenvalue weighted by Gasteiger charge is 2.33. The summed E-state index contributed by atoms with van der Waals surface area (Å²) in [5.41, 5.74) is -0.845. The zero-order chi connectivity index (χ0) is 19.2. The van der Waals surface area contributed by atoms with Gasteiger partial charge in [-0.05, 0) is 19.8 Å². The molecule has 0 aromatic carbocycles. The minimum absolute atomic E-state index is 0.0829.